The van der Waals surface area contributed by atoms with Crippen molar-refractivity contribution in [1.82, 2.24) is 4.98 Å². The maximum Gasteiger partial charge on any atom is 0.334 e. The number of nitrogens with zero attached hydrogens (tertiary/aromatic N) is 3. The lowest BCUT2D eigenvalue weighted by Crippen LogP contribution is -2.41. The van der Waals surface area contributed by atoms with Crippen LogP contribution in [0.3, 0.4) is 0 Å². The van der Waals surface area contributed by atoms with Gasteiger partial charge >= 0.3 is 5.97 Å². The Kier molecular flexibility index (Phi) is 4.80. The minimum Gasteiger partial charge on any atom is -0.467 e. The third kappa shape index (κ3) is 3.25. The zero-order chi connectivity index (χ0) is 18.0. The summed E-state index contributed by atoms with van der Waals surface area (Å²) in [6, 6.07) is 6.58. The van der Waals surface area contributed by atoms with Crippen molar-refractivity contribution < 1.29 is 19.6 Å². The molecule has 1 fully saturated rings. The molecule has 0 spiro atoms. The Labute approximate surface area is 144 Å². The lowest BCUT2D eigenvalue weighted by Gasteiger charge is -2.35. The lowest BCUT2D eigenvalue weighted by atomic mass is 9.91. The molecule has 132 valence electrons. The first kappa shape index (κ1) is 17.1. The minimum atomic E-state index is -1.11. The highest BCUT2D eigenvalue weighted by molar-refractivity contribution is 5.97. The molecule has 0 radical (unpaired) electrons. The first-order chi connectivity index (χ1) is 12.0. The van der Waals surface area contributed by atoms with Gasteiger partial charge in [0.15, 0.2) is 6.10 Å². The molecule has 1 unspecified atom stereocenters. The summed E-state index contributed by atoms with van der Waals surface area (Å²) in [4.78, 5) is 28.7. The van der Waals surface area contributed by atoms with Crippen LogP contribution in [0.1, 0.15) is 12.8 Å². The molecule has 1 aliphatic heterocycles. The molecule has 0 saturated carbocycles. The highest BCUT2D eigenvalue weighted by Gasteiger charge is 2.31. The Morgan fingerprint density at radius 1 is 1.40 bits per heavy atom. The molecular weight excluding hydrogens is 326 g/mol. The first-order valence-corrected chi connectivity index (χ1v) is 8.06. The van der Waals surface area contributed by atoms with Gasteiger partial charge in [0.1, 0.15) is 5.52 Å². The van der Waals surface area contributed by atoms with E-state index in [9.17, 15) is 20.0 Å². The van der Waals surface area contributed by atoms with Gasteiger partial charge in [0.05, 0.1) is 23.1 Å². The number of hydrogen-bond acceptors (Lipinski definition) is 7. The predicted molar refractivity (Wildman–Crippen MR) is 91.4 cm³/mol. The molecule has 2 heterocycles. The van der Waals surface area contributed by atoms with E-state index in [1.165, 1.54) is 13.2 Å². The van der Waals surface area contributed by atoms with Crippen LogP contribution in [0.25, 0.3) is 10.9 Å². The van der Waals surface area contributed by atoms with Gasteiger partial charge in [-0.3, -0.25) is 15.1 Å². The number of rotatable bonds is 4. The maximum absolute atomic E-state index is 11.5. The van der Waals surface area contributed by atoms with E-state index in [1.807, 2.05) is 0 Å². The number of methoxy groups -OCH3 is 1. The van der Waals surface area contributed by atoms with Gasteiger partial charge in [0, 0.05) is 25.4 Å². The van der Waals surface area contributed by atoms with Crippen molar-refractivity contribution >= 4 is 28.2 Å². The van der Waals surface area contributed by atoms with Gasteiger partial charge in [-0.05, 0) is 37.0 Å². The van der Waals surface area contributed by atoms with Crippen LogP contribution in [0, 0.1) is 16.0 Å². The van der Waals surface area contributed by atoms with Crippen molar-refractivity contribution in [3.63, 3.8) is 0 Å². The van der Waals surface area contributed by atoms with Crippen molar-refractivity contribution in [3.05, 3.63) is 40.6 Å². The molecule has 1 aromatic carbocycles. The van der Waals surface area contributed by atoms with Gasteiger partial charge in [-0.2, -0.15) is 0 Å². The summed E-state index contributed by atoms with van der Waals surface area (Å²) in [6.45, 7) is 1.25. The summed E-state index contributed by atoms with van der Waals surface area (Å²) in [7, 11) is 1.26. The molecule has 1 aromatic heterocycles. The Bertz CT molecular complexity index is 802. The average Bonchev–Trinajstić information content (AvgIpc) is 2.65. The van der Waals surface area contributed by atoms with Crippen LogP contribution in [0.2, 0.25) is 0 Å². The second-order valence-electron chi connectivity index (χ2n) is 6.05. The fraction of sp³-hybridized carbons (Fsp3) is 0.412. The number of carbonyl (C=O) groups excluding carboxylic acids is 1. The number of esters is 1. The average molecular weight is 345 g/mol. The molecule has 25 heavy (non-hydrogen) atoms. The van der Waals surface area contributed by atoms with Gasteiger partial charge in [0.25, 0.3) is 5.69 Å². The van der Waals surface area contributed by atoms with Gasteiger partial charge in [-0.15, -0.1) is 0 Å². The van der Waals surface area contributed by atoms with Gasteiger partial charge < -0.3 is 14.7 Å². The number of nitro benzene ring substituents is 1. The number of fused-ring (bicyclic) bond motifs is 1. The summed E-state index contributed by atoms with van der Waals surface area (Å²) < 4.78 is 4.59. The van der Waals surface area contributed by atoms with Crippen molar-refractivity contribution in [3.8, 4) is 0 Å². The van der Waals surface area contributed by atoms with E-state index in [2.05, 4.69) is 14.6 Å². The standard InChI is InChI=1S/C17H19N3O5/c1-25-17(22)16(21)11-6-9-19(10-7-11)14-5-4-13(20(23)24)12-3-2-8-18-15(12)14/h2-5,8,11,16,21H,6-7,9-10H2,1H3. The van der Waals surface area contributed by atoms with E-state index in [1.54, 1.807) is 24.4 Å². The number of aliphatic hydroxyl groups excluding tert-OH is 1. The number of anilines is 1. The second-order valence-corrected chi connectivity index (χ2v) is 6.05. The largest absolute Gasteiger partial charge is 0.467 e. The van der Waals surface area contributed by atoms with E-state index in [0.29, 0.717) is 36.8 Å². The minimum absolute atomic E-state index is 0.0304. The van der Waals surface area contributed by atoms with Crippen molar-refractivity contribution in [2.24, 2.45) is 5.92 Å². The van der Waals surface area contributed by atoms with Gasteiger partial charge in [-0.25, -0.2) is 4.79 Å². The van der Waals surface area contributed by atoms with Gasteiger partial charge in [-0.1, -0.05) is 0 Å². The van der Waals surface area contributed by atoms with Crippen LogP contribution < -0.4 is 4.90 Å². The lowest BCUT2D eigenvalue weighted by molar-refractivity contribution is -0.383. The number of aromatic nitrogens is 1. The Morgan fingerprint density at radius 2 is 2.12 bits per heavy atom. The SMILES string of the molecule is COC(=O)C(O)C1CCN(c2ccc([N+](=O)[O-])c3cccnc23)CC1. The van der Waals surface area contributed by atoms with E-state index in [4.69, 9.17) is 0 Å². The number of nitro groups is 1. The number of pyridine rings is 1. The number of ether oxygens (including phenoxy) is 1. The van der Waals surface area contributed by atoms with Crippen LogP contribution in [0.15, 0.2) is 30.5 Å². The van der Waals surface area contributed by atoms with Crippen LogP contribution in [-0.2, 0) is 9.53 Å². The molecule has 1 saturated heterocycles. The molecular formula is C17H19N3O5. The smallest absolute Gasteiger partial charge is 0.334 e. The van der Waals surface area contributed by atoms with Crippen molar-refractivity contribution in [1.29, 1.82) is 0 Å². The van der Waals surface area contributed by atoms with Crippen LogP contribution in [0.4, 0.5) is 11.4 Å². The third-order valence-corrected chi connectivity index (χ3v) is 4.69. The summed E-state index contributed by atoms with van der Waals surface area (Å²) >= 11 is 0. The summed E-state index contributed by atoms with van der Waals surface area (Å²) in [5, 5.41) is 21.7. The maximum atomic E-state index is 11.5. The van der Waals surface area contributed by atoms with E-state index in [0.717, 1.165) is 5.69 Å². The number of aliphatic hydroxyl groups is 1. The topological polar surface area (TPSA) is 106 Å². The molecule has 0 amide bonds. The predicted octanol–water partition coefficient (Wildman–Crippen LogP) is 1.89. The number of carbonyl (C=O) groups is 1. The Balaban J connectivity index is 1.84. The number of non-ortho nitro benzene ring substituents is 1. The fourth-order valence-electron chi connectivity index (χ4n) is 3.33. The fourth-order valence-corrected chi connectivity index (χ4v) is 3.33. The molecule has 8 heteroatoms. The third-order valence-electron chi connectivity index (χ3n) is 4.69. The highest BCUT2D eigenvalue weighted by atomic mass is 16.6. The second kappa shape index (κ2) is 7.02. The zero-order valence-corrected chi connectivity index (χ0v) is 13.8. The summed E-state index contributed by atoms with van der Waals surface area (Å²) in [5.41, 5.74) is 1.44. The molecule has 1 N–H and O–H groups in total. The molecule has 3 rings (SSSR count). The van der Waals surface area contributed by atoms with Crippen LogP contribution in [0.5, 0.6) is 0 Å². The Morgan fingerprint density at radius 3 is 2.76 bits per heavy atom. The van der Waals surface area contributed by atoms with E-state index in [-0.39, 0.29) is 11.6 Å². The molecule has 1 atom stereocenters. The molecule has 0 aliphatic carbocycles. The van der Waals surface area contributed by atoms with Crippen molar-refractivity contribution in [2.75, 3.05) is 25.1 Å². The first-order valence-electron chi connectivity index (χ1n) is 8.06. The molecule has 0 bridgehead atoms. The molecule has 1 aliphatic rings. The number of benzene rings is 1. The van der Waals surface area contributed by atoms with E-state index < -0.39 is 17.0 Å². The number of piperidine rings is 1. The van der Waals surface area contributed by atoms with E-state index >= 15 is 0 Å². The van der Waals surface area contributed by atoms with Gasteiger partial charge in [0.2, 0.25) is 0 Å². The zero-order valence-electron chi connectivity index (χ0n) is 13.8. The summed E-state index contributed by atoms with van der Waals surface area (Å²) in [6.07, 6.45) is 1.76. The normalized spacial score (nSPS) is 16.6. The van der Waals surface area contributed by atoms with Crippen LogP contribution in [-0.4, -0.2) is 47.3 Å². The number of hydrogen-bond donors (Lipinski definition) is 1. The monoisotopic (exact) mass is 345 g/mol. The van der Waals surface area contributed by atoms with Crippen LogP contribution >= 0.6 is 0 Å². The molecule has 2 aromatic rings. The summed E-state index contributed by atoms with van der Waals surface area (Å²) in [5.74, 6) is -0.762. The highest BCUT2D eigenvalue weighted by Crippen LogP contribution is 2.34. The Hall–Kier alpha value is -2.74. The quantitative estimate of drug-likeness (QED) is 0.512. The van der Waals surface area contributed by atoms with Crippen molar-refractivity contribution in [2.45, 2.75) is 18.9 Å². The molecule has 8 nitrogen and oxygen atoms in total.